The fourth-order valence-corrected chi connectivity index (χ4v) is 2.85. The molecule has 0 bridgehead atoms. The predicted octanol–water partition coefficient (Wildman–Crippen LogP) is 2.98. The average molecular weight is 346 g/mol. The number of carbonyl (C=O) groups is 1. The van der Waals surface area contributed by atoms with Crippen molar-refractivity contribution in [3.8, 4) is 0 Å². The second-order valence-electron chi connectivity index (χ2n) is 6.16. The monoisotopic (exact) mass is 346 g/mol. The number of hydrogen-bond donors (Lipinski definition) is 1. The van der Waals surface area contributed by atoms with Crippen molar-refractivity contribution in [3.63, 3.8) is 0 Å². The summed E-state index contributed by atoms with van der Waals surface area (Å²) in [6.07, 6.45) is 3.47. The number of piperidine rings is 1. The number of rotatable bonds is 4. The number of amides is 1. The first kappa shape index (κ1) is 17.3. The van der Waals surface area contributed by atoms with Crippen molar-refractivity contribution in [1.29, 1.82) is 0 Å². The van der Waals surface area contributed by atoms with Crippen LogP contribution < -0.4 is 10.2 Å². The molecular weight excluding hydrogens is 326 g/mol. The number of aromatic nitrogens is 2. The second kappa shape index (κ2) is 7.55. The highest BCUT2D eigenvalue weighted by molar-refractivity contribution is 5.94. The van der Waals surface area contributed by atoms with Gasteiger partial charge in [-0.1, -0.05) is 0 Å². The molecule has 0 radical (unpaired) electrons. The standard InChI is InChI=1S/C18H20F2N4O/c1-12-9-14(23-18(22-12)24-7-3-2-4-8-24)11-21-17(25)13-5-6-15(19)16(20)10-13/h5-6,9-10H,2-4,7-8,11H2,1H3,(H,21,25). The van der Waals surface area contributed by atoms with E-state index in [1.165, 1.54) is 12.5 Å². The van der Waals surface area contributed by atoms with Gasteiger partial charge in [-0.15, -0.1) is 0 Å². The molecule has 7 heteroatoms. The molecule has 3 rings (SSSR count). The van der Waals surface area contributed by atoms with E-state index in [0.717, 1.165) is 43.8 Å². The van der Waals surface area contributed by atoms with E-state index in [9.17, 15) is 13.6 Å². The fourth-order valence-electron chi connectivity index (χ4n) is 2.85. The van der Waals surface area contributed by atoms with Crippen LogP contribution in [0.1, 0.15) is 41.0 Å². The number of nitrogens with one attached hydrogen (secondary N) is 1. The van der Waals surface area contributed by atoms with Crippen LogP contribution in [0.15, 0.2) is 24.3 Å². The van der Waals surface area contributed by atoms with E-state index in [2.05, 4.69) is 20.2 Å². The topological polar surface area (TPSA) is 58.1 Å². The summed E-state index contributed by atoms with van der Waals surface area (Å²) >= 11 is 0. The number of aryl methyl sites for hydroxylation is 1. The van der Waals surface area contributed by atoms with E-state index >= 15 is 0 Å². The molecular formula is C18H20F2N4O. The molecule has 0 saturated carbocycles. The third-order valence-electron chi connectivity index (χ3n) is 4.15. The van der Waals surface area contributed by atoms with E-state index in [1.54, 1.807) is 6.07 Å². The van der Waals surface area contributed by atoms with E-state index in [4.69, 9.17) is 0 Å². The number of carbonyl (C=O) groups excluding carboxylic acids is 1. The van der Waals surface area contributed by atoms with Crippen molar-refractivity contribution in [3.05, 3.63) is 52.9 Å². The minimum absolute atomic E-state index is 0.0703. The van der Waals surface area contributed by atoms with Crippen molar-refractivity contribution in [2.24, 2.45) is 0 Å². The number of nitrogens with zero attached hydrogens (tertiary/aromatic N) is 3. The molecule has 1 fully saturated rings. The lowest BCUT2D eigenvalue weighted by Crippen LogP contribution is -2.32. The van der Waals surface area contributed by atoms with Crippen LogP contribution in [0.4, 0.5) is 14.7 Å². The Labute approximate surface area is 145 Å². The molecule has 2 heterocycles. The van der Waals surface area contributed by atoms with Crippen LogP contribution in [-0.2, 0) is 6.54 Å². The van der Waals surface area contributed by atoms with Crippen LogP contribution in [0.25, 0.3) is 0 Å². The van der Waals surface area contributed by atoms with Crippen molar-refractivity contribution in [2.75, 3.05) is 18.0 Å². The van der Waals surface area contributed by atoms with Crippen LogP contribution in [0.2, 0.25) is 0 Å². The molecule has 1 aromatic heterocycles. The summed E-state index contributed by atoms with van der Waals surface area (Å²) in [6.45, 7) is 3.95. The molecule has 2 aromatic rings. The Morgan fingerprint density at radius 3 is 2.60 bits per heavy atom. The molecule has 0 spiro atoms. The summed E-state index contributed by atoms with van der Waals surface area (Å²) in [6, 6.07) is 4.87. The largest absolute Gasteiger partial charge is 0.346 e. The zero-order valence-electron chi connectivity index (χ0n) is 14.1. The maximum Gasteiger partial charge on any atom is 0.251 e. The minimum Gasteiger partial charge on any atom is -0.346 e. The molecule has 25 heavy (non-hydrogen) atoms. The van der Waals surface area contributed by atoms with Gasteiger partial charge < -0.3 is 10.2 Å². The highest BCUT2D eigenvalue weighted by Crippen LogP contribution is 2.17. The molecule has 132 valence electrons. The normalized spacial score (nSPS) is 14.4. The molecule has 0 atom stereocenters. The first-order valence-corrected chi connectivity index (χ1v) is 8.36. The van der Waals surface area contributed by atoms with Crippen molar-refractivity contribution in [2.45, 2.75) is 32.7 Å². The third kappa shape index (κ3) is 4.29. The quantitative estimate of drug-likeness (QED) is 0.925. The highest BCUT2D eigenvalue weighted by atomic mass is 19.2. The Morgan fingerprint density at radius 1 is 1.12 bits per heavy atom. The minimum atomic E-state index is -1.04. The maximum atomic E-state index is 13.2. The fraction of sp³-hybridized carbons (Fsp3) is 0.389. The molecule has 1 saturated heterocycles. The van der Waals surface area contributed by atoms with Gasteiger partial charge in [0.15, 0.2) is 11.6 Å². The van der Waals surface area contributed by atoms with Gasteiger partial charge >= 0.3 is 0 Å². The van der Waals surface area contributed by atoms with Crippen molar-refractivity contribution in [1.82, 2.24) is 15.3 Å². The molecule has 1 N–H and O–H groups in total. The van der Waals surface area contributed by atoms with Gasteiger partial charge in [0.05, 0.1) is 12.2 Å². The van der Waals surface area contributed by atoms with E-state index in [0.29, 0.717) is 11.6 Å². The van der Waals surface area contributed by atoms with Crippen molar-refractivity contribution >= 4 is 11.9 Å². The number of halogens is 2. The Kier molecular flexibility index (Phi) is 5.21. The average Bonchev–Trinajstić information content (AvgIpc) is 2.62. The lowest BCUT2D eigenvalue weighted by molar-refractivity contribution is 0.0950. The molecule has 1 aliphatic heterocycles. The first-order valence-electron chi connectivity index (χ1n) is 8.36. The molecule has 0 aliphatic carbocycles. The van der Waals surface area contributed by atoms with Gasteiger partial charge in [0.25, 0.3) is 5.91 Å². The molecule has 0 unspecified atom stereocenters. The van der Waals surface area contributed by atoms with Gasteiger partial charge in [0, 0.05) is 24.3 Å². The maximum absolute atomic E-state index is 13.2. The Balaban J connectivity index is 1.68. The van der Waals surface area contributed by atoms with Gasteiger partial charge in [-0.3, -0.25) is 4.79 Å². The molecule has 1 amide bonds. The van der Waals surface area contributed by atoms with E-state index < -0.39 is 17.5 Å². The zero-order chi connectivity index (χ0) is 17.8. The van der Waals surface area contributed by atoms with Gasteiger partial charge in [0.1, 0.15) is 0 Å². The Bertz CT molecular complexity index is 776. The Morgan fingerprint density at radius 2 is 1.88 bits per heavy atom. The number of anilines is 1. The second-order valence-corrected chi connectivity index (χ2v) is 6.16. The zero-order valence-corrected chi connectivity index (χ0v) is 14.1. The van der Waals surface area contributed by atoms with Crippen LogP contribution in [0.5, 0.6) is 0 Å². The van der Waals surface area contributed by atoms with Crippen LogP contribution in [-0.4, -0.2) is 29.0 Å². The van der Waals surface area contributed by atoms with E-state index in [1.807, 2.05) is 6.92 Å². The summed E-state index contributed by atoms with van der Waals surface area (Å²) in [7, 11) is 0. The summed E-state index contributed by atoms with van der Waals surface area (Å²) < 4.78 is 26.2. The lowest BCUT2D eigenvalue weighted by atomic mass is 10.1. The summed E-state index contributed by atoms with van der Waals surface area (Å²) in [5.41, 5.74) is 1.58. The van der Waals surface area contributed by atoms with Gasteiger partial charge in [-0.2, -0.15) is 0 Å². The van der Waals surface area contributed by atoms with Gasteiger partial charge in [0.2, 0.25) is 5.95 Å². The number of hydrogen-bond acceptors (Lipinski definition) is 4. The first-order chi connectivity index (χ1) is 12.0. The highest BCUT2D eigenvalue weighted by Gasteiger charge is 2.15. The van der Waals surface area contributed by atoms with Crippen LogP contribution in [0, 0.1) is 18.6 Å². The SMILES string of the molecule is Cc1cc(CNC(=O)c2ccc(F)c(F)c2)nc(N2CCCCC2)n1. The smallest absolute Gasteiger partial charge is 0.251 e. The third-order valence-corrected chi connectivity index (χ3v) is 4.15. The molecule has 1 aromatic carbocycles. The van der Waals surface area contributed by atoms with Crippen molar-refractivity contribution < 1.29 is 13.6 Å². The molecule has 5 nitrogen and oxygen atoms in total. The van der Waals surface area contributed by atoms with Gasteiger partial charge in [-0.05, 0) is 50.5 Å². The Hall–Kier alpha value is -2.57. The number of benzene rings is 1. The van der Waals surface area contributed by atoms with E-state index in [-0.39, 0.29) is 12.1 Å². The molecule has 1 aliphatic rings. The predicted molar refractivity (Wildman–Crippen MR) is 90.4 cm³/mol. The van der Waals surface area contributed by atoms with Crippen LogP contribution in [0.3, 0.4) is 0 Å². The summed E-state index contributed by atoms with van der Waals surface area (Å²) in [5.74, 6) is -1.82. The van der Waals surface area contributed by atoms with Gasteiger partial charge in [-0.25, -0.2) is 18.7 Å². The lowest BCUT2D eigenvalue weighted by Gasteiger charge is -2.27. The summed E-state index contributed by atoms with van der Waals surface area (Å²) in [4.78, 5) is 23.2. The van der Waals surface area contributed by atoms with Crippen LogP contribution >= 0.6 is 0 Å². The summed E-state index contributed by atoms with van der Waals surface area (Å²) in [5, 5.41) is 2.68.